The van der Waals surface area contributed by atoms with Gasteiger partial charge >= 0.3 is 0 Å². The Kier molecular flexibility index (Phi) is 4.10. The molecule has 4 heteroatoms. The summed E-state index contributed by atoms with van der Waals surface area (Å²) >= 11 is 11.8. The van der Waals surface area contributed by atoms with E-state index < -0.39 is 0 Å². The van der Waals surface area contributed by atoms with Gasteiger partial charge in [-0.05, 0) is 49.7 Å². The van der Waals surface area contributed by atoms with Gasteiger partial charge in [0.15, 0.2) is 0 Å². The SMILES string of the molecule is Cc1cc(C)c(CCl)c(Oc2ccc(Cl)cc2)n1. The van der Waals surface area contributed by atoms with Gasteiger partial charge in [-0.3, -0.25) is 0 Å². The first-order valence-corrected chi connectivity index (χ1v) is 6.48. The molecule has 0 atom stereocenters. The van der Waals surface area contributed by atoms with Gasteiger partial charge in [-0.1, -0.05) is 11.6 Å². The third-order valence-corrected chi connectivity index (χ3v) is 3.12. The van der Waals surface area contributed by atoms with Crippen LogP contribution in [-0.4, -0.2) is 4.98 Å². The van der Waals surface area contributed by atoms with Crippen molar-refractivity contribution in [1.29, 1.82) is 0 Å². The first-order chi connectivity index (χ1) is 8.60. The Morgan fingerprint density at radius 2 is 1.83 bits per heavy atom. The zero-order chi connectivity index (χ0) is 13.1. The number of pyridine rings is 1. The van der Waals surface area contributed by atoms with Crippen LogP contribution in [0.4, 0.5) is 0 Å². The molecule has 0 fully saturated rings. The molecule has 0 aliphatic rings. The van der Waals surface area contributed by atoms with Crippen molar-refractivity contribution in [2.24, 2.45) is 0 Å². The molecule has 2 aromatic rings. The van der Waals surface area contributed by atoms with E-state index in [0.29, 0.717) is 22.5 Å². The lowest BCUT2D eigenvalue weighted by molar-refractivity contribution is 0.456. The summed E-state index contributed by atoms with van der Waals surface area (Å²) in [5, 5.41) is 0.674. The Morgan fingerprint density at radius 3 is 2.44 bits per heavy atom. The van der Waals surface area contributed by atoms with Crippen LogP contribution < -0.4 is 4.74 Å². The number of rotatable bonds is 3. The van der Waals surface area contributed by atoms with E-state index in [0.717, 1.165) is 16.8 Å². The van der Waals surface area contributed by atoms with Crippen molar-refractivity contribution >= 4 is 23.2 Å². The predicted molar refractivity (Wildman–Crippen MR) is 74.8 cm³/mol. The van der Waals surface area contributed by atoms with Gasteiger partial charge in [-0.2, -0.15) is 0 Å². The fraction of sp³-hybridized carbons (Fsp3) is 0.214. The van der Waals surface area contributed by atoms with Gasteiger partial charge in [-0.25, -0.2) is 4.98 Å². The quantitative estimate of drug-likeness (QED) is 0.748. The average molecular weight is 282 g/mol. The number of benzene rings is 1. The summed E-state index contributed by atoms with van der Waals surface area (Å²) in [5.41, 5.74) is 2.91. The van der Waals surface area contributed by atoms with E-state index in [9.17, 15) is 0 Å². The Morgan fingerprint density at radius 1 is 1.17 bits per heavy atom. The molecule has 94 valence electrons. The van der Waals surface area contributed by atoms with Crippen LogP contribution in [-0.2, 0) is 5.88 Å². The molecule has 0 N–H and O–H groups in total. The molecule has 0 spiro atoms. The summed E-state index contributed by atoms with van der Waals surface area (Å²) in [5.74, 6) is 1.63. The van der Waals surface area contributed by atoms with Crippen molar-refractivity contribution in [3.8, 4) is 11.6 Å². The first kappa shape index (κ1) is 13.2. The molecule has 0 aliphatic carbocycles. The summed E-state index contributed by atoms with van der Waals surface area (Å²) in [4.78, 5) is 4.38. The molecule has 18 heavy (non-hydrogen) atoms. The highest BCUT2D eigenvalue weighted by Gasteiger charge is 2.10. The maximum Gasteiger partial charge on any atom is 0.224 e. The van der Waals surface area contributed by atoms with Crippen molar-refractivity contribution < 1.29 is 4.74 Å². The molecule has 0 radical (unpaired) electrons. The Labute approximate surface area is 117 Å². The zero-order valence-corrected chi connectivity index (χ0v) is 11.7. The van der Waals surface area contributed by atoms with Gasteiger partial charge in [0.25, 0.3) is 0 Å². The summed E-state index contributed by atoms with van der Waals surface area (Å²) in [6, 6.07) is 9.16. The van der Waals surface area contributed by atoms with E-state index >= 15 is 0 Å². The summed E-state index contributed by atoms with van der Waals surface area (Å²) < 4.78 is 5.76. The van der Waals surface area contributed by atoms with Crippen molar-refractivity contribution in [2.75, 3.05) is 0 Å². The van der Waals surface area contributed by atoms with Crippen LogP contribution >= 0.6 is 23.2 Å². The second kappa shape index (κ2) is 5.59. The molecule has 0 aliphatic heterocycles. The fourth-order valence-electron chi connectivity index (χ4n) is 1.69. The van der Waals surface area contributed by atoms with Gasteiger partial charge in [0, 0.05) is 16.3 Å². The van der Waals surface area contributed by atoms with Gasteiger partial charge in [0.05, 0.1) is 5.88 Å². The lowest BCUT2D eigenvalue weighted by Crippen LogP contribution is -1.98. The zero-order valence-electron chi connectivity index (χ0n) is 10.2. The molecule has 2 rings (SSSR count). The number of aryl methyl sites for hydroxylation is 2. The van der Waals surface area contributed by atoms with Crippen LogP contribution in [0.3, 0.4) is 0 Å². The Bertz CT molecular complexity index is 552. The lowest BCUT2D eigenvalue weighted by atomic mass is 10.1. The fourth-order valence-corrected chi connectivity index (χ4v) is 2.14. The standard InChI is InChI=1S/C14H13Cl2NO/c1-9-7-10(2)17-14(13(9)8-15)18-12-5-3-11(16)4-6-12/h3-7H,8H2,1-2H3. The molecule has 0 unspecified atom stereocenters. The van der Waals surface area contributed by atoms with Crippen LogP contribution in [0.15, 0.2) is 30.3 Å². The minimum Gasteiger partial charge on any atom is -0.439 e. The number of aromatic nitrogens is 1. The highest BCUT2D eigenvalue weighted by molar-refractivity contribution is 6.30. The molecule has 2 nitrogen and oxygen atoms in total. The van der Waals surface area contributed by atoms with Crippen molar-refractivity contribution in [1.82, 2.24) is 4.98 Å². The molecule has 0 saturated carbocycles. The van der Waals surface area contributed by atoms with E-state index in [4.69, 9.17) is 27.9 Å². The number of alkyl halides is 1. The number of halogens is 2. The highest BCUT2D eigenvalue weighted by Crippen LogP contribution is 2.28. The largest absolute Gasteiger partial charge is 0.439 e. The number of hydrogen-bond acceptors (Lipinski definition) is 2. The number of hydrogen-bond donors (Lipinski definition) is 0. The van der Waals surface area contributed by atoms with Crippen LogP contribution in [0.5, 0.6) is 11.6 Å². The van der Waals surface area contributed by atoms with Crippen LogP contribution in [0.25, 0.3) is 0 Å². The number of nitrogens with zero attached hydrogens (tertiary/aromatic N) is 1. The van der Waals surface area contributed by atoms with Crippen LogP contribution in [0, 0.1) is 13.8 Å². The Hall–Kier alpha value is -1.25. The second-order valence-corrected chi connectivity index (χ2v) is 4.76. The average Bonchev–Trinajstić information content (AvgIpc) is 2.32. The van der Waals surface area contributed by atoms with E-state index in [1.54, 1.807) is 24.3 Å². The van der Waals surface area contributed by atoms with E-state index in [1.807, 2.05) is 19.9 Å². The van der Waals surface area contributed by atoms with Crippen molar-refractivity contribution in [3.63, 3.8) is 0 Å². The smallest absolute Gasteiger partial charge is 0.224 e. The second-order valence-electron chi connectivity index (χ2n) is 4.05. The van der Waals surface area contributed by atoms with E-state index in [-0.39, 0.29) is 0 Å². The molecular formula is C14H13Cl2NO. The summed E-state index contributed by atoms with van der Waals surface area (Å²) in [7, 11) is 0. The molecular weight excluding hydrogens is 269 g/mol. The number of ether oxygens (including phenoxy) is 1. The monoisotopic (exact) mass is 281 g/mol. The minimum absolute atomic E-state index is 0.377. The van der Waals surface area contributed by atoms with Gasteiger partial charge in [0.2, 0.25) is 5.88 Å². The molecule has 0 bridgehead atoms. The molecule has 1 aromatic heterocycles. The molecule has 0 saturated heterocycles. The Balaban J connectivity index is 2.36. The predicted octanol–water partition coefficient (Wildman–Crippen LogP) is 4.88. The molecule has 1 heterocycles. The maximum absolute atomic E-state index is 5.94. The van der Waals surface area contributed by atoms with Crippen molar-refractivity contribution in [2.45, 2.75) is 19.7 Å². The van der Waals surface area contributed by atoms with Crippen LogP contribution in [0.2, 0.25) is 5.02 Å². The molecule has 1 aromatic carbocycles. The molecule has 0 amide bonds. The van der Waals surface area contributed by atoms with Gasteiger partial charge < -0.3 is 4.74 Å². The third-order valence-electron chi connectivity index (χ3n) is 2.60. The van der Waals surface area contributed by atoms with Crippen LogP contribution in [0.1, 0.15) is 16.8 Å². The minimum atomic E-state index is 0.377. The van der Waals surface area contributed by atoms with Gasteiger partial charge in [-0.15, -0.1) is 11.6 Å². The highest BCUT2D eigenvalue weighted by atomic mass is 35.5. The lowest BCUT2D eigenvalue weighted by Gasteiger charge is -2.11. The van der Waals surface area contributed by atoms with Crippen molar-refractivity contribution in [3.05, 3.63) is 52.2 Å². The van der Waals surface area contributed by atoms with Gasteiger partial charge in [0.1, 0.15) is 5.75 Å². The third kappa shape index (κ3) is 2.95. The first-order valence-electron chi connectivity index (χ1n) is 5.56. The van der Waals surface area contributed by atoms with E-state index in [1.165, 1.54) is 0 Å². The topological polar surface area (TPSA) is 22.1 Å². The maximum atomic E-state index is 5.94. The van der Waals surface area contributed by atoms with E-state index in [2.05, 4.69) is 4.98 Å². The summed E-state index contributed by atoms with van der Waals surface area (Å²) in [6.07, 6.45) is 0. The summed E-state index contributed by atoms with van der Waals surface area (Å²) in [6.45, 7) is 3.93. The normalized spacial score (nSPS) is 10.4.